The monoisotopic (exact) mass is 180 g/mol. The zero-order valence-corrected chi connectivity index (χ0v) is 7.76. The van der Waals surface area contributed by atoms with Gasteiger partial charge in [0.25, 0.3) is 5.91 Å². The number of fused-ring (bicyclic) bond motifs is 1. The highest BCUT2D eigenvalue weighted by atomic mass is 16.3. The van der Waals surface area contributed by atoms with E-state index in [-0.39, 0.29) is 5.91 Å². The molecule has 1 amide bonds. The lowest BCUT2D eigenvalue weighted by molar-refractivity contribution is 0.0812. The zero-order chi connectivity index (χ0) is 9.59. The van der Waals surface area contributed by atoms with Crippen molar-refractivity contribution in [3.05, 3.63) is 22.6 Å². The summed E-state index contributed by atoms with van der Waals surface area (Å²) in [5, 5.41) is 0. The van der Waals surface area contributed by atoms with Crippen LogP contribution < -0.4 is 5.73 Å². The van der Waals surface area contributed by atoms with E-state index in [1.54, 1.807) is 18.9 Å². The molecule has 2 heterocycles. The molecule has 0 spiro atoms. The van der Waals surface area contributed by atoms with Gasteiger partial charge in [0.05, 0.1) is 12.1 Å². The first-order valence-electron chi connectivity index (χ1n) is 4.21. The molecular weight excluding hydrogens is 168 g/mol. The van der Waals surface area contributed by atoms with Gasteiger partial charge in [-0.3, -0.25) is 4.79 Å². The lowest BCUT2D eigenvalue weighted by Crippen LogP contribution is -2.18. The standard InChI is InChI=1S/C9H12N2O2/c1-5-8-6(7(3-10)13-5)4-11(2)9(8)12/h3-4,10H2,1-2H3. The van der Waals surface area contributed by atoms with Crippen LogP contribution in [0.3, 0.4) is 0 Å². The van der Waals surface area contributed by atoms with Gasteiger partial charge in [0, 0.05) is 19.2 Å². The highest BCUT2D eigenvalue weighted by molar-refractivity contribution is 5.99. The lowest BCUT2D eigenvalue weighted by Gasteiger charge is -2.07. The Bertz CT molecular complexity index is 368. The molecule has 0 aromatic carbocycles. The van der Waals surface area contributed by atoms with Gasteiger partial charge in [-0.2, -0.15) is 0 Å². The second kappa shape index (κ2) is 2.60. The molecule has 13 heavy (non-hydrogen) atoms. The molecule has 2 rings (SSSR count). The third-order valence-corrected chi connectivity index (χ3v) is 2.41. The van der Waals surface area contributed by atoms with Crippen LogP contribution in [0.1, 0.15) is 27.4 Å². The predicted molar refractivity (Wildman–Crippen MR) is 47.1 cm³/mol. The highest BCUT2D eigenvalue weighted by Crippen LogP contribution is 2.29. The molecule has 2 N–H and O–H groups in total. The summed E-state index contributed by atoms with van der Waals surface area (Å²) in [4.78, 5) is 13.2. The van der Waals surface area contributed by atoms with Gasteiger partial charge in [-0.25, -0.2) is 0 Å². The Kier molecular flexibility index (Phi) is 1.66. The minimum absolute atomic E-state index is 0.0379. The average molecular weight is 180 g/mol. The minimum Gasteiger partial charge on any atom is -0.464 e. The molecule has 0 unspecified atom stereocenters. The molecule has 70 valence electrons. The number of hydrogen-bond acceptors (Lipinski definition) is 3. The van der Waals surface area contributed by atoms with Crippen molar-refractivity contribution in [3.8, 4) is 0 Å². The van der Waals surface area contributed by atoms with Crippen LogP contribution in [0.5, 0.6) is 0 Å². The maximum absolute atomic E-state index is 11.6. The summed E-state index contributed by atoms with van der Waals surface area (Å²) in [6.45, 7) is 2.78. The zero-order valence-electron chi connectivity index (χ0n) is 7.76. The first-order valence-corrected chi connectivity index (χ1v) is 4.21. The van der Waals surface area contributed by atoms with Crippen molar-refractivity contribution < 1.29 is 9.21 Å². The summed E-state index contributed by atoms with van der Waals surface area (Å²) in [6.07, 6.45) is 0. The van der Waals surface area contributed by atoms with Crippen molar-refractivity contribution in [2.24, 2.45) is 5.73 Å². The molecule has 0 radical (unpaired) electrons. The Morgan fingerprint density at radius 3 is 2.92 bits per heavy atom. The molecule has 1 aromatic heterocycles. The second-order valence-electron chi connectivity index (χ2n) is 3.30. The predicted octanol–water partition coefficient (Wildman–Crippen LogP) is 0.632. The number of amides is 1. The SMILES string of the molecule is Cc1oc(CN)c2c1C(=O)N(C)C2. The summed E-state index contributed by atoms with van der Waals surface area (Å²) >= 11 is 0. The fourth-order valence-corrected chi connectivity index (χ4v) is 1.76. The Morgan fingerprint density at radius 2 is 2.31 bits per heavy atom. The van der Waals surface area contributed by atoms with Gasteiger partial charge >= 0.3 is 0 Å². The Morgan fingerprint density at radius 1 is 1.62 bits per heavy atom. The maximum Gasteiger partial charge on any atom is 0.257 e. The topological polar surface area (TPSA) is 59.5 Å². The Labute approximate surface area is 76.3 Å². The van der Waals surface area contributed by atoms with E-state index in [1.807, 2.05) is 0 Å². The van der Waals surface area contributed by atoms with Crippen molar-refractivity contribution in [3.63, 3.8) is 0 Å². The summed E-state index contributed by atoms with van der Waals surface area (Å²) in [5.41, 5.74) is 7.18. The van der Waals surface area contributed by atoms with E-state index >= 15 is 0 Å². The quantitative estimate of drug-likeness (QED) is 0.689. The number of nitrogens with zero attached hydrogens (tertiary/aromatic N) is 1. The van der Waals surface area contributed by atoms with Crippen LogP contribution in [0.2, 0.25) is 0 Å². The van der Waals surface area contributed by atoms with Gasteiger partial charge in [-0.15, -0.1) is 0 Å². The third-order valence-electron chi connectivity index (χ3n) is 2.41. The van der Waals surface area contributed by atoms with Crippen LogP contribution in [0.4, 0.5) is 0 Å². The molecule has 1 aliphatic rings. The number of furan rings is 1. The summed E-state index contributed by atoms with van der Waals surface area (Å²) in [6, 6.07) is 0. The highest BCUT2D eigenvalue weighted by Gasteiger charge is 2.31. The van der Waals surface area contributed by atoms with Crippen LogP contribution in [0.25, 0.3) is 0 Å². The van der Waals surface area contributed by atoms with E-state index in [1.165, 1.54) is 0 Å². The van der Waals surface area contributed by atoms with Gasteiger partial charge in [0.15, 0.2) is 0 Å². The van der Waals surface area contributed by atoms with E-state index in [2.05, 4.69) is 0 Å². The molecule has 0 aliphatic carbocycles. The van der Waals surface area contributed by atoms with Gasteiger partial charge < -0.3 is 15.1 Å². The van der Waals surface area contributed by atoms with Gasteiger partial charge in [0.2, 0.25) is 0 Å². The summed E-state index contributed by atoms with van der Waals surface area (Å²) in [7, 11) is 1.78. The van der Waals surface area contributed by atoms with E-state index in [9.17, 15) is 4.79 Å². The largest absolute Gasteiger partial charge is 0.464 e. The minimum atomic E-state index is 0.0379. The number of carbonyl (C=O) groups excluding carboxylic acids is 1. The van der Waals surface area contributed by atoms with Crippen molar-refractivity contribution in [2.45, 2.75) is 20.0 Å². The first kappa shape index (κ1) is 8.31. The maximum atomic E-state index is 11.6. The van der Waals surface area contributed by atoms with Gasteiger partial charge in [-0.1, -0.05) is 0 Å². The summed E-state index contributed by atoms with van der Waals surface area (Å²) in [5.74, 6) is 1.46. The number of hydrogen-bond donors (Lipinski definition) is 1. The van der Waals surface area contributed by atoms with E-state index in [0.717, 1.165) is 11.3 Å². The molecule has 4 heteroatoms. The van der Waals surface area contributed by atoms with Crippen molar-refractivity contribution in [1.29, 1.82) is 0 Å². The molecular formula is C9H12N2O2. The molecule has 1 aliphatic heterocycles. The fourth-order valence-electron chi connectivity index (χ4n) is 1.76. The van der Waals surface area contributed by atoms with Gasteiger partial charge in [-0.05, 0) is 6.92 Å². The van der Waals surface area contributed by atoms with Crippen molar-refractivity contribution in [2.75, 3.05) is 7.05 Å². The number of aryl methyl sites for hydroxylation is 1. The fraction of sp³-hybridized carbons (Fsp3) is 0.444. The van der Waals surface area contributed by atoms with E-state index in [4.69, 9.17) is 10.2 Å². The second-order valence-corrected chi connectivity index (χ2v) is 3.30. The smallest absolute Gasteiger partial charge is 0.257 e. The molecule has 0 bridgehead atoms. The van der Waals surface area contributed by atoms with Crippen LogP contribution in [-0.2, 0) is 13.1 Å². The van der Waals surface area contributed by atoms with Crippen LogP contribution in [0.15, 0.2) is 4.42 Å². The van der Waals surface area contributed by atoms with Crippen LogP contribution in [0, 0.1) is 6.92 Å². The van der Waals surface area contributed by atoms with Crippen molar-refractivity contribution in [1.82, 2.24) is 4.90 Å². The first-order chi connectivity index (χ1) is 6.15. The van der Waals surface area contributed by atoms with Gasteiger partial charge in [0.1, 0.15) is 11.5 Å². The number of carbonyl (C=O) groups is 1. The molecule has 0 saturated carbocycles. The van der Waals surface area contributed by atoms with E-state index in [0.29, 0.717) is 24.4 Å². The lowest BCUT2D eigenvalue weighted by atomic mass is 10.1. The number of rotatable bonds is 1. The molecule has 1 aromatic rings. The Hall–Kier alpha value is -1.29. The van der Waals surface area contributed by atoms with Crippen LogP contribution in [-0.4, -0.2) is 17.9 Å². The molecule has 0 saturated heterocycles. The summed E-state index contributed by atoms with van der Waals surface area (Å²) < 4.78 is 5.38. The normalized spacial score (nSPS) is 15.3. The molecule has 4 nitrogen and oxygen atoms in total. The third kappa shape index (κ3) is 0.986. The van der Waals surface area contributed by atoms with E-state index < -0.39 is 0 Å². The number of nitrogens with two attached hydrogens (primary N) is 1. The van der Waals surface area contributed by atoms with Crippen LogP contribution >= 0.6 is 0 Å². The molecule has 0 fully saturated rings. The average Bonchev–Trinajstić information content (AvgIpc) is 2.54. The Balaban J connectivity index is 2.57. The van der Waals surface area contributed by atoms with Crippen molar-refractivity contribution >= 4 is 5.91 Å². The molecule has 0 atom stereocenters.